The van der Waals surface area contributed by atoms with Crippen LogP contribution in [0.1, 0.15) is 16.7 Å². The van der Waals surface area contributed by atoms with E-state index in [9.17, 15) is 0 Å². The van der Waals surface area contributed by atoms with Gasteiger partial charge in [0.2, 0.25) is 0 Å². The average molecular weight is 357 g/mol. The summed E-state index contributed by atoms with van der Waals surface area (Å²) in [4.78, 5) is 1.60. The van der Waals surface area contributed by atoms with Crippen molar-refractivity contribution in [3.8, 4) is 0 Å². The van der Waals surface area contributed by atoms with Crippen molar-refractivity contribution in [2.24, 2.45) is 0 Å². The molecule has 0 aromatic heterocycles. The number of nitrogens with one attached hydrogen (secondary N) is 3. The van der Waals surface area contributed by atoms with E-state index in [1.807, 2.05) is 12.1 Å². The highest BCUT2D eigenvalue weighted by molar-refractivity contribution is 7.80. The molecular weight excluding hydrogens is 330 g/mol. The molecule has 2 aromatic carbocycles. The standard InChI is InChI=1S/C20H25N3OS/c1-16-3-2-4-19(13-16)22-20(25)21-14-17-5-7-18(8-6-17)15-23-9-11-24-12-10-23/h2-8,13H,9-12,14-15H2,1H3,(H2,21,22,25)/p+1. The first-order valence-corrected chi connectivity index (χ1v) is 9.20. The molecule has 0 amide bonds. The third kappa shape index (κ3) is 5.81. The molecule has 3 rings (SSSR count). The van der Waals surface area contributed by atoms with Gasteiger partial charge in [-0.2, -0.15) is 0 Å². The molecule has 0 spiro atoms. The van der Waals surface area contributed by atoms with Crippen LogP contribution in [0.15, 0.2) is 48.5 Å². The van der Waals surface area contributed by atoms with Crippen molar-refractivity contribution in [3.05, 3.63) is 65.2 Å². The topological polar surface area (TPSA) is 37.7 Å². The Morgan fingerprint density at radius 1 is 1.08 bits per heavy atom. The maximum absolute atomic E-state index is 5.41. The van der Waals surface area contributed by atoms with E-state index in [4.69, 9.17) is 17.0 Å². The van der Waals surface area contributed by atoms with Gasteiger partial charge >= 0.3 is 0 Å². The fourth-order valence-electron chi connectivity index (χ4n) is 2.98. The van der Waals surface area contributed by atoms with Crippen LogP contribution >= 0.6 is 12.2 Å². The van der Waals surface area contributed by atoms with Crippen LogP contribution in [0.3, 0.4) is 0 Å². The Morgan fingerprint density at radius 3 is 2.52 bits per heavy atom. The molecule has 0 radical (unpaired) electrons. The summed E-state index contributed by atoms with van der Waals surface area (Å²) < 4.78 is 5.41. The van der Waals surface area contributed by atoms with Crippen LogP contribution in [0, 0.1) is 6.92 Å². The van der Waals surface area contributed by atoms with Gasteiger partial charge in [0.25, 0.3) is 0 Å². The van der Waals surface area contributed by atoms with Crippen molar-refractivity contribution in [2.45, 2.75) is 20.0 Å². The summed E-state index contributed by atoms with van der Waals surface area (Å²) in [5.41, 5.74) is 4.84. The van der Waals surface area contributed by atoms with E-state index in [-0.39, 0.29) is 0 Å². The number of benzene rings is 2. The second kappa shape index (κ2) is 8.94. The Kier molecular flexibility index (Phi) is 6.39. The van der Waals surface area contributed by atoms with Gasteiger partial charge in [0, 0.05) is 17.8 Å². The Bertz CT molecular complexity index is 696. The fourth-order valence-corrected chi connectivity index (χ4v) is 3.17. The summed E-state index contributed by atoms with van der Waals surface area (Å²) >= 11 is 5.38. The van der Waals surface area contributed by atoms with E-state index in [1.54, 1.807) is 4.90 Å². The predicted molar refractivity (Wildman–Crippen MR) is 106 cm³/mol. The van der Waals surface area contributed by atoms with Crippen molar-refractivity contribution >= 4 is 23.0 Å². The van der Waals surface area contributed by atoms with E-state index in [0.717, 1.165) is 45.1 Å². The van der Waals surface area contributed by atoms with E-state index in [2.05, 4.69) is 54.0 Å². The molecule has 1 aliphatic heterocycles. The van der Waals surface area contributed by atoms with Crippen LogP contribution in [-0.4, -0.2) is 31.4 Å². The molecule has 0 unspecified atom stereocenters. The summed E-state index contributed by atoms with van der Waals surface area (Å²) in [6, 6.07) is 17.0. The number of ether oxygens (including phenoxy) is 1. The zero-order valence-corrected chi connectivity index (χ0v) is 15.5. The van der Waals surface area contributed by atoms with Crippen molar-refractivity contribution in [1.29, 1.82) is 0 Å². The zero-order chi connectivity index (χ0) is 17.5. The number of hydrogen-bond donors (Lipinski definition) is 3. The van der Waals surface area contributed by atoms with Crippen LogP contribution in [0.25, 0.3) is 0 Å². The SMILES string of the molecule is Cc1cccc(NC(=S)NCc2ccc(C[NH+]3CCOCC3)cc2)c1. The molecule has 5 heteroatoms. The van der Waals surface area contributed by atoms with Crippen molar-refractivity contribution in [3.63, 3.8) is 0 Å². The third-order valence-corrected chi connectivity index (χ3v) is 4.65. The Balaban J connectivity index is 1.45. The molecule has 1 aliphatic rings. The van der Waals surface area contributed by atoms with Gasteiger partial charge in [0.05, 0.1) is 13.2 Å². The van der Waals surface area contributed by atoms with Gasteiger partial charge in [0.15, 0.2) is 5.11 Å². The molecular formula is C20H26N3OS+. The molecule has 132 valence electrons. The summed E-state index contributed by atoms with van der Waals surface area (Å²) in [6.07, 6.45) is 0. The smallest absolute Gasteiger partial charge is 0.171 e. The van der Waals surface area contributed by atoms with Crippen LogP contribution in [0.2, 0.25) is 0 Å². The summed E-state index contributed by atoms with van der Waals surface area (Å²) in [5, 5.41) is 7.14. The quantitative estimate of drug-likeness (QED) is 0.716. The fraction of sp³-hybridized carbons (Fsp3) is 0.350. The minimum Gasteiger partial charge on any atom is -0.370 e. The van der Waals surface area contributed by atoms with E-state index in [0.29, 0.717) is 5.11 Å². The Morgan fingerprint density at radius 2 is 1.80 bits per heavy atom. The molecule has 2 aromatic rings. The highest BCUT2D eigenvalue weighted by Gasteiger charge is 2.13. The summed E-state index contributed by atoms with van der Waals surface area (Å²) in [7, 11) is 0. The molecule has 0 aliphatic carbocycles. The lowest BCUT2D eigenvalue weighted by Crippen LogP contribution is -3.12. The van der Waals surface area contributed by atoms with Gasteiger partial charge in [-0.1, -0.05) is 36.4 Å². The second-order valence-corrected chi connectivity index (χ2v) is 6.94. The van der Waals surface area contributed by atoms with E-state index < -0.39 is 0 Å². The monoisotopic (exact) mass is 356 g/mol. The van der Waals surface area contributed by atoms with Crippen molar-refractivity contribution in [2.75, 3.05) is 31.6 Å². The molecule has 1 heterocycles. The van der Waals surface area contributed by atoms with Crippen molar-refractivity contribution in [1.82, 2.24) is 5.32 Å². The molecule has 0 bridgehead atoms. The third-order valence-electron chi connectivity index (χ3n) is 4.41. The van der Waals surface area contributed by atoms with Crippen LogP contribution in [0.5, 0.6) is 0 Å². The first kappa shape index (κ1) is 17.9. The first-order valence-electron chi connectivity index (χ1n) is 8.80. The number of morpholine rings is 1. The molecule has 1 fully saturated rings. The van der Waals surface area contributed by atoms with Gasteiger partial charge < -0.3 is 20.3 Å². The summed E-state index contributed by atoms with van der Waals surface area (Å²) in [6.45, 7) is 7.82. The largest absolute Gasteiger partial charge is 0.370 e. The maximum Gasteiger partial charge on any atom is 0.171 e. The number of rotatable bonds is 5. The van der Waals surface area contributed by atoms with Crippen molar-refractivity contribution < 1.29 is 9.64 Å². The first-order chi connectivity index (χ1) is 12.2. The maximum atomic E-state index is 5.41. The summed E-state index contributed by atoms with van der Waals surface area (Å²) in [5.74, 6) is 0. The minimum absolute atomic E-state index is 0.646. The molecule has 0 atom stereocenters. The molecule has 4 nitrogen and oxygen atoms in total. The van der Waals surface area contributed by atoms with Crippen LogP contribution in [-0.2, 0) is 17.8 Å². The van der Waals surface area contributed by atoms with Gasteiger partial charge in [-0.25, -0.2) is 0 Å². The minimum atomic E-state index is 0.646. The van der Waals surface area contributed by atoms with Crippen LogP contribution < -0.4 is 15.5 Å². The van der Waals surface area contributed by atoms with Gasteiger partial charge in [0.1, 0.15) is 19.6 Å². The second-order valence-electron chi connectivity index (χ2n) is 6.53. The number of thiocarbonyl (C=S) groups is 1. The lowest BCUT2D eigenvalue weighted by molar-refractivity contribution is -0.921. The van der Waals surface area contributed by atoms with Gasteiger partial charge in [-0.15, -0.1) is 0 Å². The lowest BCUT2D eigenvalue weighted by atomic mass is 10.1. The zero-order valence-electron chi connectivity index (χ0n) is 14.7. The lowest BCUT2D eigenvalue weighted by Gasteiger charge is -2.23. The molecule has 3 N–H and O–H groups in total. The number of hydrogen-bond acceptors (Lipinski definition) is 2. The Labute approximate surface area is 155 Å². The van der Waals surface area contributed by atoms with E-state index >= 15 is 0 Å². The van der Waals surface area contributed by atoms with Gasteiger partial charge in [-0.3, -0.25) is 0 Å². The Hall–Kier alpha value is -1.95. The predicted octanol–water partition coefficient (Wildman–Crippen LogP) is 1.90. The highest BCUT2D eigenvalue weighted by atomic mass is 32.1. The van der Waals surface area contributed by atoms with E-state index in [1.165, 1.54) is 16.7 Å². The molecule has 25 heavy (non-hydrogen) atoms. The van der Waals surface area contributed by atoms with Gasteiger partial charge in [-0.05, 0) is 42.4 Å². The normalized spacial score (nSPS) is 14.9. The number of anilines is 1. The highest BCUT2D eigenvalue weighted by Crippen LogP contribution is 2.09. The number of aryl methyl sites for hydroxylation is 1. The number of quaternary nitrogens is 1. The molecule has 1 saturated heterocycles. The van der Waals surface area contributed by atoms with Crippen LogP contribution in [0.4, 0.5) is 5.69 Å². The molecule has 0 saturated carbocycles. The average Bonchev–Trinajstić information content (AvgIpc) is 2.62.